The maximum absolute atomic E-state index is 5.91. The van der Waals surface area contributed by atoms with Crippen LogP contribution in [0.1, 0.15) is 17.0 Å². The molecular formula is C15H19ClN4. The normalized spacial score (nSPS) is 18.2. The average molecular weight is 291 g/mol. The van der Waals surface area contributed by atoms with Crippen LogP contribution in [0, 0.1) is 0 Å². The van der Waals surface area contributed by atoms with Crippen molar-refractivity contribution < 1.29 is 0 Å². The van der Waals surface area contributed by atoms with Gasteiger partial charge in [0.25, 0.3) is 0 Å². The van der Waals surface area contributed by atoms with E-state index in [-0.39, 0.29) is 0 Å². The first-order chi connectivity index (χ1) is 9.70. The largest absolute Gasteiger partial charge is 0.347 e. The van der Waals surface area contributed by atoms with Crippen LogP contribution < -0.4 is 5.32 Å². The van der Waals surface area contributed by atoms with Gasteiger partial charge in [0, 0.05) is 37.1 Å². The fourth-order valence-corrected chi connectivity index (χ4v) is 2.83. The van der Waals surface area contributed by atoms with Crippen molar-refractivity contribution >= 4 is 11.6 Å². The number of fused-ring (bicyclic) bond motifs is 1. The number of nitrogens with zero attached hydrogens (tertiary/aromatic N) is 2. The molecule has 1 aromatic carbocycles. The van der Waals surface area contributed by atoms with E-state index in [2.05, 4.69) is 39.4 Å². The Kier molecular flexibility index (Phi) is 4.05. The highest BCUT2D eigenvalue weighted by Gasteiger charge is 2.20. The van der Waals surface area contributed by atoms with Crippen LogP contribution in [-0.4, -0.2) is 34.5 Å². The van der Waals surface area contributed by atoms with Crippen molar-refractivity contribution in [1.29, 1.82) is 0 Å². The van der Waals surface area contributed by atoms with Gasteiger partial charge in [-0.15, -0.1) is 0 Å². The number of aromatic amines is 1. The van der Waals surface area contributed by atoms with Gasteiger partial charge in [-0.05, 0) is 24.7 Å². The summed E-state index contributed by atoms with van der Waals surface area (Å²) < 4.78 is 0. The molecule has 1 unspecified atom stereocenters. The van der Waals surface area contributed by atoms with Gasteiger partial charge in [-0.2, -0.15) is 0 Å². The minimum Gasteiger partial charge on any atom is -0.347 e. The Morgan fingerprint density at radius 1 is 1.35 bits per heavy atom. The Balaban J connectivity index is 1.54. The van der Waals surface area contributed by atoms with Crippen LogP contribution in [0.25, 0.3) is 0 Å². The molecule has 0 saturated heterocycles. The highest BCUT2D eigenvalue weighted by atomic mass is 35.5. The first kappa shape index (κ1) is 13.6. The molecule has 106 valence electrons. The number of likely N-dealkylation sites (N-methyl/N-ethyl adjacent to an activating group) is 1. The highest BCUT2D eigenvalue weighted by molar-refractivity contribution is 6.30. The molecule has 0 radical (unpaired) electrons. The first-order valence-electron chi connectivity index (χ1n) is 6.88. The maximum Gasteiger partial charge on any atom is 0.0925 e. The topological polar surface area (TPSA) is 44.0 Å². The number of halogens is 1. The summed E-state index contributed by atoms with van der Waals surface area (Å²) in [5.74, 6) is 0. The van der Waals surface area contributed by atoms with E-state index in [0.717, 1.165) is 31.1 Å². The molecule has 3 rings (SSSR count). The zero-order valence-corrected chi connectivity index (χ0v) is 12.3. The summed E-state index contributed by atoms with van der Waals surface area (Å²) in [5.41, 5.74) is 3.71. The molecule has 2 N–H and O–H groups in total. The van der Waals surface area contributed by atoms with E-state index in [1.54, 1.807) is 6.33 Å². The minimum atomic E-state index is 0.461. The molecule has 1 aliphatic heterocycles. The molecule has 1 atom stereocenters. The first-order valence-corrected chi connectivity index (χ1v) is 7.26. The third kappa shape index (κ3) is 3.20. The van der Waals surface area contributed by atoms with Crippen LogP contribution in [0.3, 0.4) is 0 Å². The third-order valence-corrected chi connectivity index (χ3v) is 3.96. The summed E-state index contributed by atoms with van der Waals surface area (Å²) in [7, 11) is 2.15. The summed E-state index contributed by atoms with van der Waals surface area (Å²) in [6, 6.07) is 8.51. The second-order valence-corrected chi connectivity index (χ2v) is 5.87. The SMILES string of the molecule is CN(Cc1ccc(Cl)cc1)CC1Cc2nc[nH]c2CN1. The lowest BCUT2D eigenvalue weighted by molar-refractivity contribution is 0.272. The Hall–Kier alpha value is -1.36. The van der Waals surface area contributed by atoms with Crippen LogP contribution >= 0.6 is 11.6 Å². The molecule has 5 heteroatoms. The molecule has 0 spiro atoms. The Morgan fingerprint density at radius 3 is 2.95 bits per heavy atom. The van der Waals surface area contributed by atoms with Crippen molar-refractivity contribution in [3.8, 4) is 0 Å². The van der Waals surface area contributed by atoms with Crippen LogP contribution in [-0.2, 0) is 19.5 Å². The molecule has 0 fully saturated rings. The van der Waals surface area contributed by atoms with Gasteiger partial charge in [0.2, 0.25) is 0 Å². The number of rotatable bonds is 4. The lowest BCUT2D eigenvalue weighted by Gasteiger charge is -2.27. The third-order valence-electron chi connectivity index (χ3n) is 3.71. The molecule has 2 aromatic rings. The van der Waals surface area contributed by atoms with Crippen LogP contribution in [0.4, 0.5) is 0 Å². The van der Waals surface area contributed by atoms with E-state index in [1.807, 2.05) is 12.1 Å². The fourth-order valence-electron chi connectivity index (χ4n) is 2.70. The van der Waals surface area contributed by atoms with Crippen LogP contribution in [0.5, 0.6) is 0 Å². The molecule has 2 heterocycles. The van der Waals surface area contributed by atoms with Gasteiger partial charge in [-0.3, -0.25) is 0 Å². The molecule has 4 nitrogen and oxygen atoms in total. The van der Waals surface area contributed by atoms with Gasteiger partial charge in [0.15, 0.2) is 0 Å². The number of H-pyrrole nitrogens is 1. The predicted molar refractivity (Wildman–Crippen MR) is 80.7 cm³/mol. The van der Waals surface area contributed by atoms with E-state index in [9.17, 15) is 0 Å². The molecule has 0 amide bonds. The predicted octanol–water partition coefficient (Wildman–Crippen LogP) is 2.21. The van der Waals surface area contributed by atoms with E-state index < -0.39 is 0 Å². The summed E-state index contributed by atoms with van der Waals surface area (Å²) in [5, 5.41) is 4.34. The minimum absolute atomic E-state index is 0.461. The Morgan fingerprint density at radius 2 is 2.15 bits per heavy atom. The van der Waals surface area contributed by atoms with Crippen LogP contribution in [0.2, 0.25) is 5.02 Å². The smallest absolute Gasteiger partial charge is 0.0925 e. The van der Waals surface area contributed by atoms with E-state index in [0.29, 0.717) is 6.04 Å². The quantitative estimate of drug-likeness (QED) is 0.907. The average Bonchev–Trinajstić information content (AvgIpc) is 2.89. The van der Waals surface area contributed by atoms with Crippen molar-refractivity contribution in [3.05, 3.63) is 52.6 Å². The second-order valence-electron chi connectivity index (χ2n) is 5.43. The summed E-state index contributed by atoms with van der Waals surface area (Å²) in [6.45, 7) is 2.83. The van der Waals surface area contributed by atoms with Crippen LogP contribution in [0.15, 0.2) is 30.6 Å². The maximum atomic E-state index is 5.91. The van der Waals surface area contributed by atoms with Crippen molar-refractivity contribution in [2.45, 2.75) is 25.6 Å². The summed E-state index contributed by atoms with van der Waals surface area (Å²) >= 11 is 5.91. The zero-order chi connectivity index (χ0) is 13.9. The molecule has 1 aromatic heterocycles. The number of aromatic nitrogens is 2. The molecule has 0 saturated carbocycles. The van der Waals surface area contributed by atoms with E-state index in [1.165, 1.54) is 17.0 Å². The lowest BCUT2D eigenvalue weighted by atomic mass is 10.0. The molecular weight excluding hydrogens is 272 g/mol. The number of nitrogens with one attached hydrogen (secondary N) is 2. The Bertz CT molecular complexity index is 564. The van der Waals surface area contributed by atoms with Gasteiger partial charge in [0.1, 0.15) is 0 Å². The molecule has 0 aliphatic carbocycles. The van der Waals surface area contributed by atoms with Crippen molar-refractivity contribution in [2.24, 2.45) is 0 Å². The summed E-state index contributed by atoms with van der Waals surface area (Å²) in [4.78, 5) is 9.89. The molecule has 20 heavy (non-hydrogen) atoms. The number of imidazole rings is 1. The van der Waals surface area contributed by atoms with Gasteiger partial charge < -0.3 is 15.2 Å². The van der Waals surface area contributed by atoms with Gasteiger partial charge in [0.05, 0.1) is 17.7 Å². The standard InChI is InChI=1S/C15H19ClN4/c1-20(8-11-2-4-12(16)5-3-11)9-13-6-14-15(7-17-13)19-10-18-14/h2-5,10,13,17H,6-9H2,1H3,(H,18,19). The number of hydrogen-bond donors (Lipinski definition) is 2. The lowest BCUT2D eigenvalue weighted by Crippen LogP contribution is -2.43. The second kappa shape index (κ2) is 5.95. The molecule has 0 bridgehead atoms. The monoisotopic (exact) mass is 290 g/mol. The van der Waals surface area contributed by atoms with Crippen molar-refractivity contribution in [3.63, 3.8) is 0 Å². The summed E-state index contributed by atoms with van der Waals surface area (Å²) in [6.07, 6.45) is 2.77. The number of hydrogen-bond acceptors (Lipinski definition) is 3. The Labute approximate surface area is 124 Å². The van der Waals surface area contributed by atoms with Gasteiger partial charge in [-0.1, -0.05) is 23.7 Å². The van der Waals surface area contributed by atoms with E-state index >= 15 is 0 Å². The highest BCUT2D eigenvalue weighted by Crippen LogP contribution is 2.14. The number of benzene rings is 1. The van der Waals surface area contributed by atoms with Crippen molar-refractivity contribution in [1.82, 2.24) is 20.2 Å². The molecule has 1 aliphatic rings. The van der Waals surface area contributed by atoms with Crippen molar-refractivity contribution in [2.75, 3.05) is 13.6 Å². The van der Waals surface area contributed by atoms with Gasteiger partial charge >= 0.3 is 0 Å². The van der Waals surface area contributed by atoms with E-state index in [4.69, 9.17) is 11.6 Å². The zero-order valence-electron chi connectivity index (χ0n) is 11.6. The fraction of sp³-hybridized carbons (Fsp3) is 0.400. The van der Waals surface area contributed by atoms with Gasteiger partial charge in [-0.25, -0.2) is 4.98 Å².